The number of hydrogen-bond donors (Lipinski definition) is 3. The molecule has 2 amide bonds. The van der Waals surface area contributed by atoms with E-state index in [2.05, 4.69) is 10.6 Å². The zero-order valence-corrected chi connectivity index (χ0v) is 19.3. The Bertz CT molecular complexity index is 976. The number of rotatable bonds is 6. The Morgan fingerprint density at radius 2 is 1.73 bits per heavy atom. The van der Waals surface area contributed by atoms with Gasteiger partial charge in [0.25, 0.3) is 5.91 Å². The van der Waals surface area contributed by atoms with Crippen molar-refractivity contribution in [2.24, 2.45) is 5.92 Å². The smallest absolute Gasteiger partial charge is 0.252 e. The molecule has 1 unspecified atom stereocenters. The highest BCUT2D eigenvalue weighted by Gasteiger charge is 2.67. The summed E-state index contributed by atoms with van der Waals surface area (Å²) in [4.78, 5) is 25.1. The largest absolute Gasteiger partial charge is 0.392 e. The lowest BCUT2D eigenvalue weighted by Crippen LogP contribution is -2.30. The van der Waals surface area contributed by atoms with Crippen LogP contribution in [-0.2, 0) is 4.79 Å². The normalized spacial score (nSPS) is 20.4. The summed E-state index contributed by atoms with van der Waals surface area (Å²) in [5, 5.41) is 15.6. The van der Waals surface area contributed by atoms with Crippen LogP contribution in [0.2, 0.25) is 15.1 Å². The maximum atomic E-state index is 12.8. The Hall–Kier alpha value is -1.21. The van der Waals surface area contributed by atoms with Crippen molar-refractivity contribution in [1.29, 1.82) is 0 Å². The van der Waals surface area contributed by atoms with Gasteiger partial charge in [0.15, 0.2) is 0 Å². The molecule has 0 bridgehead atoms. The van der Waals surface area contributed by atoms with Crippen molar-refractivity contribution >= 4 is 75.5 Å². The Morgan fingerprint density at radius 3 is 2.33 bits per heavy atom. The van der Waals surface area contributed by atoms with Gasteiger partial charge in [0, 0.05) is 28.2 Å². The first kappa shape index (κ1) is 23.5. The minimum Gasteiger partial charge on any atom is -0.392 e. The van der Waals surface area contributed by atoms with E-state index < -0.39 is 34.1 Å². The standard InChI is InChI=1S/C20H17Cl5N2O3/c1-9(28)8-26-18(29)14-7-13(2-3-15(14)23)27-19(30)17-16(20(17,24)25)10-4-11(21)6-12(22)5-10/h2-7,9,16-17,28H,8H2,1H3,(H,26,29)(H,27,30)/t9?,16-,17+/m1/s1. The Labute approximate surface area is 198 Å². The van der Waals surface area contributed by atoms with Crippen LogP contribution < -0.4 is 10.6 Å². The molecular weight excluding hydrogens is 493 g/mol. The number of halogens is 5. The van der Waals surface area contributed by atoms with Crippen LogP contribution in [0.15, 0.2) is 36.4 Å². The molecule has 0 heterocycles. The minimum atomic E-state index is -1.32. The van der Waals surface area contributed by atoms with E-state index in [0.29, 0.717) is 21.3 Å². The van der Waals surface area contributed by atoms with Crippen LogP contribution in [0, 0.1) is 5.92 Å². The summed E-state index contributed by atoms with van der Waals surface area (Å²) in [6.07, 6.45) is -0.706. The van der Waals surface area contributed by atoms with E-state index in [9.17, 15) is 14.7 Å². The molecule has 0 spiro atoms. The average molecular weight is 511 g/mol. The number of hydrogen-bond acceptors (Lipinski definition) is 3. The van der Waals surface area contributed by atoms with Gasteiger partial charge >= 0.3 is 0 Å². The fourth-order valence-corrected chi connectivity index (χ4v) is 4.73. The highest BCUT2D eigenvalue weighted by Crippen LogP contribution is 2.65. The molecule has 2 aromatic carbocycles. The molecule has 3 atom stereocenters. The first-order valence-electron chi connectivity index (χ1n) is 8.91. The molecule has 1 aliphatic rings. The second-order valence-electron chi connectivity index (χ2n) is 7.08. The quantitative estimate of drug-likeness (QED) is 0.463. The summed E-state index contributed by atoms with van der Waals surface area (Å²) in [6.45, 7) is 1.61. The van der Waals surface area contributed by atoms with Gasteiger partial charge in [0.2, 0.25) is 5.91 Å². The highest BCUT2D eigenvalue weighted by molar-refractivity contribution is 6.53. The van der Waals surface area contributed by atoms with Crippen molar-refractivity contribution in [1.82, 2.24) is 5.32 Å². The van der Waals surface area contributed by atoms with Crippen molar-refractivity contribution in [3.63, 3.8) is 0 Å². The molecule has 5 nitrogen and oxygen atoms in total. The fraction of sp³-hybridized carbons (Fsp3) is 0.300. The molecular formula is C20H17Cl5N2O3. The van der Waals surface area contributed by atoms with Crippen molar-refractivity contribution in [2.45, 2.75) is 23.3 Å². The van der Waals surface area contributed by atoms with Gasteiger partial charge in [-0.1, -0.05) is 34.8 Å². The zero-order chi connectivity index (χ0) is 22.2. The number of benzene rings is 2. The van der Waals surface area contributed by atoms with E-state index in [0.717, 1.165) is 0 Å². The average Bonchev–Trinajstić information content (AvgIpc) is 3.22. The summed E-state index contributed by atoms with van der Waals surface area (Å²) in [6, 6.07) is 9.39. The number of amides is 2. The van der Waals surface area contributed by atoms with E-state index in [1.807, 2.05) is 0 Å². The van der Waals surface area contributed by atoms with Crippen molar-refractivity contribution in [3.05, 3.63) is 62.6 Å². The van der Waals surface area contributed by atoms with Gasteiger partial charge in [-0.2, -0.15) is 0 Å². The van der Waals surface area contributed by atoms with Crippen LogP contribution >= 0.6 is 58.0 Å². The summed E-state index contributed by atoms with van der Waals surface area (Å²) in [5.74, 6) is -2.12. The van der Waals surface area contributed by atoms with Gasteiger partial charge in [-0.3, -0.25) is 9.59 Å². The van der Waals surface area contributed by atoms with E-state index >= 15 is 0 Å². The molecule has 0 aromatic heterocycles. The molecule has 1 fully saturated rings. The van der Waals surface area contributed by atoms with Gasteiger partial charge in [-0.15, -0.1) is 23.2 Å². The Balaban J connectivity index is 1.76. The molecule has 1 aliphatic carbocycles. The number of alkyl halides is 2. The second kappa shape index (κ2) is 9.11. The number of aliphatic hydroxyl groups is 1. The molecule has 0 aliphatic heterocycles. The molecule has 0 saturated heterocycles. The van der Waals surface area contributed by atoms with Gasteiger partial charge in [0.1, 0.15) is 4.33 Å². The number of carbonyl (C=O) groups excluding carboxylic acids is 2. The lowest BCUT2D eigenvalue weighted by Gasteiger charge is -2.11. The third-order valence-electron chi connectivity index (χ3n) is 4.62. The predicted octanol–water partition coefficient (Wildman–Crippen LogP) is 5.28. The zero-order valence-electron chi connectivity index (χ0n) is 15.6. The van der Waals surface area contributed by atoms with Crippen LogP contribution in [-0.4, -0.2) is 33.9 Å². The first-order chi connectivity index (χ1) is 14.0. The maximum absolute atomic E-state index is 12.8. The van der Waals surface area contributed by atoms with E-state index in [1.54, 1.807) is 31.2 Å². The topological polar surface area (TPSA) is 78.4 Å². The van der Waals surface area contributed by atoms with Crippen LogP contribution in [0.3, 0.4) is 0 Å². The van der Waals surface area contributed by atoms with Crippen LogP contribution in [0.1, 0.15) is 28.8 Å². The molecule has 10 heteroatoms. The Kier molecular flexibility index (Phi) is 7.12. The maximum Gasteiger partial charge on any atom is 0.252 e. The van der Waals surface area contributed by atoms with Crippen molar-refractivity contribution in [2.75, 3.05) is 11.9 Å². The molecule has 1 saturated carbocycles. The number of carbonyl (C=O) groups is 2. The number of nitrogens with one attached hydrogen (secondary N) is 2. The fourth-order valence-electron chi connectivity index (χ4n) is 3.16. The Morgan fingerprint density at radius 1 is 1.10 bits per heavy atom. The summed E-state index contributed by atoms with van der Waals surface area (Å²) in [5.41, 5.74) is 1.17. The van der Waals surface area contributed by atoms with E-state index in [-0.39, 0.29) is 17.1 Å². The molecule has 2 aromatic rings. The van der Waals surface area contributed by atoms with E-state index in [1.165, 1.54) is 12.1 Å². The van der Waals surface area contributed by atoms with Crippen LogP contribution in [0.25, 0.3) is 0 Å². The second-order valence-corrected chi connectivity index (χ2v) is 9.80. The van der Waals surface area contributed by atoms with Crippen molar-refractivity contribution in [3.8, 4) is 0 Å². The summed E-state index contributed by atoms with van der Waals surface area (Å²) >= 11 is 30.9. The molecule has 30 heavy (non-hydrogen) atoms. The van der Waals surface area contributed by atoms with Gasteiger partial charge in [0.05, 0.1) is 22.6 Å². The lowest BCUT2D eigenvalue weighted by molar-refractivity contribution is -0.117. The molecule has 3 rings (SSSR count). The minimum absolute atomic E-state index is 0.0682. The summed E-state index contributed by atoms with van der Waals surface area (Å²) in [7, 11) is 0. The monoisotopic (exact) mass is 508 g/mol. The highest BCUT2D eigenvalue weighted by atomic mass is 35.5. The van der Waals surface area contributed by atoms with Gasteiger partial charge in [-0.05, 0) is 48.9 Å². The van der Waals surface area contributed by atoms with Gasteiger partial charge < -0.3 is 15.7 Å². The third-order valence-corrected chi connectivity index (χ3v) is 6.32. The van der Waals surface area contributed by atoms with E-state index in [4.69, 9.17) is 58.0 Å². The first-order valence-corrected chi connectivity index (χ1v) is 10.8. The summed E-state index contributed by atoms with van der Waals surface area (Å²) < 4.78 is -1.32. The number of anilines is 1. The molecule has 0 radical (unpaired) electrons. The van der Waals surface area contributed by atoms with Crippen molar-refractivity contribution < 1.29 is 14.7 Å². The molecule has 160 valence electrons. The lowest BCUT2D eigenvalue weighted by atomic mass is 10.1. The predicted molar refractivity (Wildman–Crippen MR) is 121 cm³/mol. The SMILES string of the molecule is CC(O)CNC(=O)c1cc(NC(=O)[C@@H]2[C@@H](c3cc(Cl)cc(Cl)c3)C2(Cl)Cl)ccc1Cl. The van der Waals surface area contributed by atoms with Crippen LogP contribution in [0.5, 0.6) is 0 Å². The third kappa shape index (κ3) is 5.16. The van der Waals surface area contributed by atoms with Crippen LogP contribution in [0.4, 0.5) is 5.69 Å². The molecule has 3 N–H and O–H groups in total. The number of aliphatic hydroxyl groups excluding tert-OH is 1. The van der Waals surface area contributed by atoms with Gasteiger partial charge in [-0.25, -0.2) is 0 Å².